The van der Waals surface area contributed by atoms with Crippen molar-refractivity contribution in [2.45, 2.75) is 26.8 Å². The second-order valence-corrected chi connectivity index (χ2v) is 4.69. The van der Waals surface area contributed by atoms with Crippen LogP contribution in [0.25, 0.3) is 0 Å². The van der Waals surface area contributed by atoms with Gasteiger partial charge in [0.25, 0.3) is 0 Å². The van der Waals surface area contributed by atoms with E-state index in [1.807, 2.05) is 13.0 Å². The van der Waals surface area contributed by atoms with Crippen molar-refractivity contribution in [1.82, 2.24) is 10.2 Å². The third kappa shape index (κ3) is 2.58. The van der Waals surface area contributed by atoms with E-state index in [2.05, 4.69) is 33.9 Å². The molecule has 0 amide bonds. The van der Waals surface area contributed by atoms with Crippen LogP contribution in [0, 0.1) is 6.92 Å². The molecular formula is C12H15N3S. The Hall–Kier alpha value is -1.42. The summed E-state index contributed by atoms with van der Waals surface area (Å²) in [5.74, 6) is 0.843. The molecule has 0 bridgehead atoms. The first-order valence-electron chi connectivity index (χ1n) is 5.38. The maximum atomic E-state index is 4.04. The van der Waals surface area contributed by atoms with Crippen molar-refractivity contribution in [2.75, 3.05) is 5.32 Å². The number of thiophene rings is 1. The lowest BCUT2D eigenvalue weighted by Gasteiger charge is -2.05. The molecule has 0 unspecified atom stereocenters. The molecule has 0 aromatic carbocycles. The van der Waals surface area contributed by atoms with Crippen LogP contribution in [-0.4, -0.2) is 10.2 Å². The highest BCUT2D eigenvalue weighted by Gasteiger charge is 2.02. The van der Waals surface area contributed by atoms with Crippen LogP contribution in [0.15, 0.2) is 23.7 Å². The standard InChI is InChI=1S/C12H15N3S/c1-3-10-4-5-16-11(10)8-13-12-6-9(2)7-14-15-12/h4-7H,3,8H2,1-2H3,(H,13,15). The van der Waals surface area contributed by atoms with Crippen molar-refractivity contribution in [3.63, 3.8) is 0 Å². The largest absolute Gasteiger partial charge is 0.364 e. The number of rotatable bonds is 4. The van der Waals surface area contributed by atoms with Gasteiger partial charge in [0.15, 0.2) is 0 Å². The Balaban J connectivity index is 2.02. The van der Waals surface area contributed by atoms with E-state index in [1.54, 1.807) is 17.5 Å². The Kier molecular flexibility index (Phi) is 3.51. The first-order chi connectivity index (χ1) is 7.79. The Labute approximate surface area is 99.5 Å². The average Bonchev–Trinajstić information content (AvgIpc) is 2.74. The van der Waals surface area contributed by atoms with Crippen molar-refractivity contribution in [2.24, 2.45) is 0 Å². The number of anilines is 1. The van der Waals surface area contributed by atoms with Crippen LogP contribution in [-0.2, 0) is 13.0 Å². The third-order valence-electron chi connectivity index (χ3n) is 2.44. The van der Waals surface area contributed by atoms with Crippen LogP contribution < -0.4 is 5.32 Å². The van der Waals surface area contributed by atoms with E-state index >= 15 is 0 Å². The molecule has 2 rings (SSSR count). The molecule has 0 aliphatic carbocycles. The minimum Gasteiger partial charge on any atom is -0.364 e. The topological polar surface area (TPSA) is 37.8 Å². The van der Waals surface area contributed by atoms with Gasteiger partial charge in [-0.05, 0) is 42.0 Å². The van der Waals surface area contributed by atoms with E-state index in [-0.39, 0.29) is 0 Å². The minimum absolute atomic E-state index is 0.832. The van der Waals surface area contributed by atoms with Gasteiger partial charge in [-0.25, -0.2) is 0 Å². The van der Waals surface area contributed by atoms with Gasteiger partial charge in [0, 0.05) is 4.88 Å². The molecule has 0 saturated heterocycles. The number of hydrogen-bond acceptors (Lipinski definition) is 4. The molecule has 2 aromatic rings. The van der Waals surface area contributed by atoms with E-state index in [0.29, 0.717) is 0 Å². The number of aryl methyl sites for hydroxylation is 2. The van der Waals surface area contributed by atoms with Gasteiger partial charge in [0.1, 0.15) is 5.82 Å². The maximum absolute atomic E-state index is 4.04. The summed E-state index contributed by atoms with van der Waals surface area (Å²) >= 11 is 1.79. The fraction of sp³-hybridized carbons (Fsp3) is 0.333. The number of nitrogens with zero attached hydrogens (tertiary/aromatic N) is 2. The van der Waals surface area contributed by atoms with Crippen molar-refractivity contribution in [1.29, 1.82) is 0 Å². The van der Waals surface area contributed by atoms with Crippen LogP contribution in [0.5, 0.6) is 0 Å². The van der Waals surface area contributed by atoms with Crippen LogP contribution in [0.3, 0.4) is 0 Å². The molecule has 0 atom stereocenters. The Bertz CT molecular complexity index is 465. The number of aromatic nitrogens is 2. The van der Waals surface area contributed by atoms with Gasteiger partial charge >= 0.3 is 0 Å². The third-order valence-corrected chi connectivity index (χ3v) is 3.40. The molecule has 0 radical (unpaired) electrons. The fourth-order valence-electron chi connectivity index (χ4n) is 1.56. The number of hydrogen-bond donors (Lipinski definition) is 1. The van der Waals surface area contributed by atoms with E-state index in [4.69, 9.17) is 0 Å². The summed E-state index contributed by atoms with van der Waals surface area (Å²) in [6.07, 6.45) is 2.84. The molecular weight excluding hydrogens is 218 g/mol. The lowest BCUT2D eigenvalue weighted by atomic mass is 10.2. The van der Waals surface area contributed by atoms with Crippen molar-refractivity contribution >= 4 is 17.2 Å². The molecule has 2 heterocycles. The molecule has 0 fully saturated rings. The van der Waals surface area contributed by atoms with Gasteiger partial charge < -0.3 is 5.32 Å². The Morgan fingerprint density at radius 1 is 1.44 bits per heavy atom. The lowest BCUT2D eigenvalue weighted by Crippen LogP contribution is -2.02. The summed E-state index contributed by atoms with van der Waals surface area (Å²) in [6, 6.07) is 4.19. The van der Waals surface area contributed by atoms with E-state index in [0.717, 1.165) is 24.3 Å². The smallest absolute Gasteiger partial charge is 0.149 e. The molecule has 3 nitrogen and oxygen atoms in total. The zero-order chi connectivity index (χ0) is 11.4. The van der Waals surface area contributed by atoms with Crippen LogP contribution in [0.2, 0.25) is 0 Å². The normalized spacial score (nSPS) is 10.4. The quantitative estimate of drug-likeness (QED) is 0.882. The van der Waals surface area contributed by atoms with Gasteiger partial charge in [-0.3, -0.25) is 0 Å². The van der Waals surface area contributed by atoms with Gasteiger partial charge in [-0.15, -0.1) is 16.4 Å². The molecule has 0 aliphatic rings. The lowest BCUT2D eigenvalue weighted by molar-refractivity contribution is 0.986. The van der Waals surface area contributed by atoms with E-state index in [1.165, 1.54) is 10.4 Å². The second kappa shape index (κ2) is 5.07. The molecule has 0 spiro atoms. The summed E-state index contributed by atoms with van der Waals surface area (Å²) in [5, 5.41) is 13.4. The summed E-state index contributed by atoms with van der Waals surface area (Å²) in [6.45, 7) is 5.03. The first-order valence-corrected chi connectivity index (χ1v) is 6.26. The van der Waals surface area contributed by atoms with Crippen molar-refractivity contribution in [3.05, 3.63) is 39.7 Å². The molecule has 84 valence electrons. The van der Waals surface area contributed by atoms with Crippen LogP contribution in [0.1, 0.15) is 22.9 Å². The summed E-state index contributed by atoms with van der Waals surface area (Å²) < 4.78 is 0. The van der Waals surface area contributed by atoms with Crippen molar-refractivity contribution in [3.8, 4) is 0 Å². The van der Waals surface area contributed by atoms with Crippen LogP contribution >= 0.6 is 11.3 Å². The zero-order valence-corrected chi connectivity index (χ0v) is 10.3. The molecule has 0 saturated carbocycles. The monoisotopic (exact) mass is 233 g/mol. The first kappa shape index (κ1) is 11.1. The highest BCUT2D eigenvalue weighted by molar-refractivity contribution is 7.10. The molecule has 4 heteroatoms. The predicted molar refractivity (Wildman–Crippen MR) is 67.8 cm³/mol. The van der Waals surface area contributed by atoms with Gasteiger partial charge in [-0.2, -0.15) is 5.10 Å². The molecule has 0 aliphatic heterocycles. The van der Waals surface area contributed by atoms with Gasteiger partial charge in [-0.1, -0.05) is 6.92 Å². The zero-order valence-electron chi connectivity index (χ0n) is 9.53. The van der Waals surface area contributed by atoms with Gasteiger partial charge in [0.2, 0.25) is 0 Å². The minimum atomic E-state index is 0.832. The van der Waals surface area contributed by atoms with E-state index in [9.17, 15) is 0 Å². The predicted octanol–water partition coefficient (Wildman–Crippen LogP) is 3.02. The van der Waals surface area contributed by atoms with Gasteiger partial charge in [0.05, 0.1) is 12.7 Å². The SMILES string of the molecule is CCc1ccsc1CNc1cc(C)cnn1. The van der Waals surface area contributed by atoms with Crippen LogP contribution in [0.4, 0.5) is 5.82 Å². The molecule has 16 heavy (non-hydrogen) atoms. The Morgan fingerprint density at radius 2 is 2.31 bits per heavy atom. The fourth-order valence-corrected chi connectivity index (χ4v) is 2.47. The number of nitrogens with one attached hydrogen (secondary N) is 1. The summed E-state index contributed by atoms with van der Waals surface area (Å²) in [5.41, 5.74) is 2.54. The maximum Gasteiger partial charge on any atom is 0.149 e. The highest BCUT2D eigenvalue weighted by atomic mass is 32.1. The van der Waals surface area contributed by atoms with Crippen molar-refractivity contribution < 1.29 is 0 Å². The van der Waals surface area contributed by atoms with E-state index < -0.39 is 0 Å². The summed E-state index contributed by atoms with van der Waals surface area (Å²) in [4.78, 5) is 1.38. The molecule has 2 aromatic heterocycles. The summed E-state index contributed by atoms with van der Waals surface area (Å²) in [7, 11) is 0. The molecule has 1 N–H and O–H groups in total. The average molecular weight is 233 g/mol. The Morgan fingerprint density at radius 3 is 3.06 bits per heavy atom. The second-order valence-electron chi connectivity index (χ2n) is 3.69. The highest BCUT2D eigenvalue weighted by Crippen LogP contribution is 2.18.